The summed E-state index contributed by atoms with van der Waals surface area (Å²) >= 11 is 0. The number of nitrogens with zero attached hydrogens (tertiary/aromatic N) is 5. The molecule has 3 heterocycles. The number of H-pyrrole nitrogens is 1. The van der Waals surface area contributed by atoms with Crippen molar-refractivity contribution in [2.45, 2.75) is 25.4 Å². The van der Waals surface area contributed by atoms with Crippen molar-refractivity contribution in [3.63, 3.8) is 0 Å². The summed E-state index contributed by atoms with van der Waals surface area (Å²) < 4.78 is 0. The van der Waals surface area contributed by atoms with E-state index in [1.807, 2.05) is 43.4 Å². The fourth-order valence-corrected chi connectivity index (χ4v) is 3.83. The van der Waals surface area contributed by atoms with E-state index in [9.17, 15) is 4.79 Å². The van der Waals surface area contributed by atoms with Crippen LogP contribution in [-0.4, -0.2) is 64.1 Å². The fourth-order valence-electron chi connectivity index (χ4n) is 3.83. The number of carbonyl (C=O) groups excluding carboxylic acids is 1. The van der Waals surface area contributed by atoms with Crippen LogP contribution in [0.3, 0.4) is 0 Å². The Morgan fingerprint density at radius 3 is 2.90 bits per heavy atom. The number of aromatic nitrogens is 4. The highest BCUT2D eigenvalue weighted by Crippen LogP contribution is 2.24. The van der Waals surface area contributed by atoms with Gasteiger partial charge in [0, 0.05) is 39.3 Å². The summed E-state index contributed by atoms with van der Waals surface area (Å²) in [6.45, 7) is 1.89. The largest absolute Gasteiger partial charge is 0.373 e. The SMILES string of the molecule is CNc1cc(N2CCCC2CNC(=O)N(C)Cc2ncc(-c3ccccc3)[nH]2)ncn1. The zero-order chi connectivity index (χ0) is 21.6. The summed E-state index contributed by atoms with van der Waals surface area (Å²) in [5.74, 6) is 2.42. The van der Waals surface area contributed by atoms with Gasteiger partial charge in [-0.05, 0) is 18.4 Å². The summed E-state index contributed by atoms with van der Waals surface area (Å²) in [4.78, 5) is 32.8. The Morgan fingerprint density at radius 2 is 2.10 bits per heavy atom. The summed E-state index contributed by atoms with van der Waals surface area (Å²) in [5, 5.41) is 6.10. The van der Waals surface area contributed by atoms with Gasteiger partial charge in [0.15, 0.2) is 0 Å². The van der Waals surface area contributed by atoms with Crippen molar-refractivity contribution >= 4 is 17.7 Å². The molecule has 0 spiro atoms. The molecule has 1 aliphatic heterocycles. The van der Waals surface area contributed by atoms with E-state index in [0.29, 0.717) is 13.1 Å². The lowest BCUT2D eigenvalue weighted by Gasteiger charge is -2.27. The van der Waals surface area contributed by atoms with Gasteiger partial charge in [-0.15, -0.1) is 0 Å². The van der Waals surface area contributed by atoms with Crippen molar-refractivity contribution in [2.75, 3.05) is 37.4 Å². The molecular formula is C22H28N8O. The van der Waals surface area contributed by atoms with Crippen LogP contribution in [0.4, 0.5) is 16.4 Å². The molecule has 0 radical (unpaired) electrons. The van der Waals surface area contributed by atoms with Gasteiger partial charge in [-0.25, -0.2) is 19.7 Å². The predicted octanol–water partition coefficient (Wildman–Crippen LogP) is 2.72. The number of urea groups is 1. The normalized spacial score (nSPS) is 15.7. The molecule has 1 saturated heterocycles. The van der Waals surface area contributed by atoms with E-state index in [-0.39, 0.29) is 12.1 Å². The molecule has 1 fully saturated rings. The van der Waals surface area contributed by atoms with Crippen LogP contribution in [0.2, 0.25) is 0 Å². The van der Waals surface area contributed by atoms with Gasteiger partial charge in [0.2, 0.25) is 0 Å². The van der Waals surface area contributed by atoms with E-state index >= 15 is 0 Å². The van der Waals surface area contributed by atoms with Gasteiger partial charge >= 0.3 is 6.03 Å². The Balaban J connectivity index is 1.31. The lowest BCUT2D eigenvalue weighted by atomic mass is 10.2. The number of carbonyl (C=O) groups is 1. The second kappa shape index (κ2) is 9.46. The van der Waals surface area contributed by atoms with Crippen LogP contribution in [0.15, 0.2) is 48.9 Å². The molecule has 1 aromatic carbocycles. The third-order valence-corrected chi connectivity index (χ3v) is 5.52. The molecule has 3 aromatic rings. The highest BCUT2D eigenvalue weighted by atomic mass is 16.2. The molecular weight excluding hydrogens is 392 g/mol. The first-order valence-electron chi connectivity index (χ1n) is 10.5. The van der Waals surface area contributed by atoms with E-state index in [1.54, 1.807) is 24.5 Å². The number of anilines is 2. The molecule has 0 aliphatic carbocycles. The number of imidazole rings is 1. The number of hydrogen-bond donors (Lipinski definition) is 3. The van der Waals surface area contributed by atoms with Crippen molar-refractivity contribution in [3.05, 3.63) is 54.7 Å². The maximum Gasteiger partial charge on any atom is 0.317 e. The minimum Gasteiger partial charge on any atom is -0.373 e. The molecule has 3 N–H and O–H groups in total. The van der Waals surface area contributed by atoms with E-state index in [2.05, 4.69) is 35.5 Å². The second-order valence-electron chi connectivity index (χ2n) is 7.65. The van der Waals surface area contributed by atoms with Gasteiger partial charge in [-0.1, -0.05) is 30.3 Å². The fraction of sp³-hybridized carbons (Fsp3) is 0.364. The molecule has 1 unspecified atom stereocenters. The third-order valence-electron chi connectivity index (χ3n) is 5.52. The maximum absolute atomic E-state index is 12.6. The van der Waals surface area contributed by atoms with Crippen molar-refractivity contribution in [3.8, 4) is 11.3 Å². The van der Waals surface area contributed by atoms with Gasteiger partial charge in [-0.3, -0.25) is 0 Å². The van der Waals surface area contributed by atoms with Crippen LogP contribution in [-0.2, 0) is 6.54 Å². The highest BCUT2D eigenvalue weighted by molar-refractivity contribution is 5.74. The number of aromatic amines is 1. The van der Waals surface area contributed by atoms with Gasteiger partial charge in [0.05, 0.1) is 18.4 Å². The molecule has 9 nitrogen and oxygen atoms in total. The first-order valence-corrected chi connectivity index (χ1v) is 10.5. The number of benzene rings is 1. The number of nitrogens with one attached hydrogen (secondary N) is 3. The molecule has 31 heavy (non-hydrogen) atoms. The molecule has 2 amide bonds. The average Bonchev–Trinajstić information content (AvgIpc) is 3.47. The Kier molecular flexibility index (Phi) is 6.30. The maximum atomic E-state index is 12.6. The lowest BCUT2D eigenvalue weighted by molar-refractivity contribution is 0.205. The van der Waals surface area contributed by atoms with Crippen molar-refractivity contribution < 1.29 is 4.79 Å². The molecule has 2 aromatic heterocycles. The monoisotopic (exact) mass is 420 g/mol. The molecule has 162 valence electrons. The van der Waals surface area contributed by atoms with E-state index in [0.717, 1.165) is 48.1 Å². The first-order chi connectivity index (χ1) is 15.1. The van der Waals surface area contributed by atoms with E-state index in [4.69, 9.17) is 0 Å². The minimum atomic E-state index is -0.122. The molecule has 1 aliphatic rings. The standard InChI is InChI=1S/C22H28N8O/c1-23-19-11-21(27-15-26-19)30-10-6-9-17(30)12-25-22(31)29(2)14-20-24-13-18(28-20)16-7-4-3-5-8-16/h3-5,7-8,11,13,15,17H,6,9-10,12,14H2,1-2H3,(H,24,28)(H,25,31)(H,23,26,27). The number of rotatable bonds is 7. The Labute approximate surface area is 181 Å². The third kappa shape index (κ3) is 4.93. The van der Waals surface area contributed by atoms with Crippen LogP contribution < -0.4 is 15.5 Å². The van der Waals surface area contributed by atoms with Crippen molar-refractivity contribution in [2.24, 2.45) is 0 Å². The average molecular weight is 421 g/mol. The summed E-state index contributed by atoms with van der Waals surface area (Å²) in [7, 11) is 3.61. The molecule has 0 saturated carbocycles. The summed E-state index contributed by atoms with van der Waals surface area (Å²) in [5.41, 5.74) is 2.01. The first kappa shape index (κ1) is 20.6. The van der Waals surface area contributed by atoms with Crippen molar-refractivity contribution in [1.82, 2.24) is 30.2 Å². The molecule has 1 atom stereocenters. The Bertz CT molecular complexity index is 1010. The minimum absolute atomic E-state index is 0.122. The van der Waals surface area contributed by atoms with Gasteiger partial charge in [-0.2, -0.15) is 0 Å². The van der Waals surface area contributed by atoms with Gasteiger partial charge in [0.25, 0.3) is 0 Å². The molecule has 0 bridgehead atoms. The van der Waals surface area contributed by atoms with Gasteiger partial charge < -0.3 is 25.4 Å². The zero-order valence-electron chi connectivity index (χ0n) is 17.9. The van der Waals surface area contributed by atoms with Gasteiger partial charge in [0.1, 0.15) is 23.8 Å². The van der Waals surface area contributed by atoms with Crippen LogP contribution in [0, 0.1) is 0 Å². The summed E-state index contributed by atoms with van der Waals surface area (Å²) in [6.07, 6.45) is 5.45. The van der Waals surface area contributed by atoms with Crippen LogP contribution in [0.5, 0.6) is 0 Å². The quantitative estimate of drug-likeness (QED) is 0.543. The number of hydrogen-bond acceptors (Lipinski definition) is 6. The van der Waals surface area contributed by atoms with E-state index in [1.165, 1.54) is 0 Å². The Morgan fingerprint density at radius 1 is 1.26 bits per heavy atom. The van der Waals surface area contributed by atoms with Crippen LogP contribution in [0.1, 0.15) is 18.7 Å². The highest BCUT2D eigenvalue weighted by Gasteiger charge is 2.26. The van der Waals surface area contributed by atoms with Crippen LogP contribution in [0.25, 0.3) is 11.3 Å². The summed E-state index contributed by atoms with van der Waals surface area (Å²) in [6, 6.07) is 12.0. The molecule has 4 rings (SSSR count). The Hall–Kier alpha value is -3.62. The van der Waals surface area contributed by atoms with Crippen LogP contribution >= 0.6 is 0 Å². The smallest absolute Gasteiger partial charge is 0.317 e. The van der Waals surface area contributed by atoms with E-state index < -0.39 is 0 Å². The second-order valence-corrected chi connectivity index (χ2v) is 7.65. The zero-order valence-corrected chi connectivity index (χ0v) is 17.9. The lowest BCUT2D eigenvalue weighted by Crippen LogP contribution is -2.44. The number of amides is 2. The molecule has 9 heteroatoms. The van der Waals surface area contributed by atoms with Crippen molar-refractivity contribution in [1.29, 1.82) is 0 Å². The topological polar surface area (TPSA) is 102 Å². The predicted molar refractivity (Wildman–Crippen MR) is 121 cm³/mol.